The van der Waals surface area contributed by atoms with Crippen molar-refractivity contribution in [3.63, 3.8) is 0 Å². The van der Waals surface area contributed by atoms with Gasteiger partial charge in [0.25, 0.3) is 0 Å². The van der Waals surface area contributed by atoms with Crippen molar-refractivity contribution >= 4 is 11.6 Å². The Morgan fingerprint density at radius 2 is 2.30 bits per heavy atom. The van der Waals surface area contributed by atoms with Crippen LogP contribution >= 0.6 is 0 Å². The van der Waals surface area contributed by atoms with Crippen LogP contribution in [0.3, 0.4) is 0 Å². The van der Waals surface area contributed by atoms with Crippen molar-refractivity contribution in [2.45, 2.75) is 39.7 Å². The Morgan fingerprint density at radius 3 is 3.13 bits per heavy atom. The highest BCUT2D eigenvalue weighted by Crippen LogP contribution is 2.11. The number of nitrogens with one attached hydrogen (secondary N) is 1. The molecule has 6 heteroatoms. The van der Waals surface area contributed by atoms with Gasteiger partial charge in [-0.1, -0.05) is 24.6 Å². The van der Waals surface area contributed by atoms with Crippen molar-refractivity contribution in [1.82, 2.24) is 19.9 Å². The second-order valence-corrected chi connectivity index (χ2v) is 5.62. The molecule has 1 N–H and O–H groups in total. The third-order valence-corrected chi connectivity index (χ3v) is 3.72. The number of rotatable bonds is 6. The van der Waals surface area contributed by atoms with Crippen LogP contribution < -0.4 is 5.32 Å². The van der Waals surface area contributed by atoms with E-state index in [2.05, 4.69) is 22.4 Å². The molecule has 0 aliphatic heterocycles. The molecule has 0 bridgehead atoms. The summed E-state index contributed by atoms with van der Waals surface area (Å²) >= 11 is 0. The molecule has 0 saturated heterocycles. The summed E-state index contributed by atoms with van der Waals surface area (Å²) in [5.74, 6) is 0.609. The number of imidazole rings is 1. The SMILES string of the molecule is CCCc1cc(CNC(=O)Cc2cnc3c(C)cccn23)on1. The minimum absolute atomic E-state index is 0.0678. The van der Waals surface area contributed by atoms with Crippen LogP contribution in [0.25, 0.3) is 5.65 Å². The predicted octanol–water partition coefficient (Wildman–Crippen LogP) is 2.44. The standard InChI is InChI=1S/C17H20N4O2/c1-3-5-13-8-15(23-20-13)11-18-16(22)9-14-10-19-17-12(2)6-4-7-21(14)17/h4,6-8,10H,3,5,9,11H2,1-2H3,(H,18,22). The lowest BCUT2D eigenvalue weighted by atomic mass is 10.2. The number of aryl methyl sites for hydroxylation is 2. The van der Waals surface area contributed by atoms with Crippen LogP contribution in [0.5, 0.6) is 0 Å². The molecule has 0 atom stereocenters. The molecule has 1 amide bonds. The fourth-order valence-corrected chi connectivity index (χ4v) is 2.56. The van der Waals surface area contributed by atoms with Gasteiger partial charge >= 0.3 is 0 Å². The molecule has 0 saturated carbocycles. The van der Waals surface area contributed by atoms with E-state index in [1.54, 1.807) is 6.20 Å². The van der Waals surface area contributed by atoms with Crippen molar-refractivity contribution in [3.8, 4) is 0 Å². The first-order chi connectivity index (χ1) is 11.2. The van der Waals surface area contributed by atoms with Gasteiger partial charge in [-0.2, -0.15) is 0 Å². The number of aromatic nitrogens is 3. The van der Waals surface area contributed by atoms with Gasteiger partial charge in [0.2, 0.25) is 5.91 Å². The molecule has 0 aliphatic carbocycles. The van der Waals surface area contributed by atoms with Gasteiger partial charge in [-0.05, 0) is 25.0 Å². The Balaban J connectivity index is 1.61. The Morgan fingerprint density at radius 1 is 1.43 bits per heavy atom. The lowest BCUT2D eigenvalue weighted by Gasteiger charge is -2.04. The van der Waals surface area contributed by atoms with Crippen molar-refractivity contribution in [2.75, 3.05) is 0 Å². The van der Waals surface area contributed by atoms with E-state index < -0.39 is 0 Å². The summed E-state index contributed by atoms with van der Waals surface area (Å²) in [6.07, 6.45) is 5.85. The summed E-state index contributed by atoms with van der Waals surface area (Å²) in [5, 5.41) is 6.83. The smallest absolute Gasteiger partial charge is 0.226 e. The minimum Gasteiger partial charge on any atom is -0.359 e. The molecule has 0 spiro atoms. The minimum atomic E-state index is -0.0678. The van der Waals surface area contributed by atoms with Gasteiger partial charge in [0.05, 0.1) is 24.4 Å². The molecule has 3 aromatic heterocycles. The Hall–Kier alpha value is -2.63. The van der Waals surface area contributed by atoms with Crippen LogP contribution in [-0.4, -0.2) is 20.4 Å². The maximum Gasteiger partial charge on any atom is 0.226 e. The third-order valence-electron chi connectivity index (χ3n) is 3.72. The van der Waals surface area contributed by atoms with Crippen LogP contribution in [0.15, 0.2) is 35.1 Å². The van der Waals surface area contributed by atoms with E-state index >= 15 is 0 Å². The average Bonchev–Trinajstić information content (AvgIpc) is 3.14. The van der Waals surface area contributed by atoms with E-state index in [-0.39, 0.29) is 12.3 Å². The monoisotopic (exact) mass is 312 g/mol. The van der Waals surface area contributed by atoms with Crippen LogP contribution in [-0.2, 0) is 24.2 Å². The lowest BCUT2D eigenvalue weighted by molar-refractivity contribution is -0.120. The Labute approximate surface area is 134 Å². The largest absolute Gasteiger partial charge is 0.359 e. The molecule has 0 radical (unpaired) electrons. The Bertz CT molecular complexity index is 819. The first-order valence-electron chi connectivity index (χ1n) is 7.80. The molecule has 120 valence electrons. The van der Waals surface area contributed by atoms with Crippen LogP contribution in [0.4, 0.5) is 0 Å². The normalized spacial score (nSPS) is 11.0. The van der Waals surface area contributed by atoms with Crippen LogP contribution in [0, 0.1) is 6.92 Å². The third kappa shape index (κ3) is 3.41. The van der Waals surface area contributed by atoms with Gasteiger partial charge in [-0.15, -0.1) is 0 Å². The zero-order valence-electron chi connectivity index (χ0n) is 13.4. The molecule has 0 aliphatic rings. The predicted molar refractivity (Wildman–Crippen MR) is 86.0 cm³/mol. The number of pyridine rings is 1. The van der Waals surface area contributed by atoms with E-state index in [4.69, 9.17) is 4.52 Å². The molecule has 23 heavy (non-hydrogen) atoms. The summed E-state index contributed by atoms with van der Waals surface area (Å²) in [7, 11) is 0. The first-order valence-corrected chi connectivity index (χ1v) is 7.80. The molecular formula is C17H20N4O2. The fraction of sp³-hybridized carbons (Fsp3) is 0.353. The number of amides is 1. The molecule has 3 heterocycles. The summed E-state index contributed by atoms with van der Waals surface area (Å²) in [4.78, 5) is 16.5. The molecular weight excluding hydrogens is 292 g/mol. The maximum absolute atomic E-state index is 12.1. The summed E-state index contributed by atoms with van der Waals surface area (Å²) in [6.45, 7) is 4.45. The highest BCUT2D eigenvalue weighted by molar-refractivity contribution is 5.78. The van der Waals surface area contributed by atoms with Crippen LogP contribution in [0.1, 0.15) is 36.1 Å². The van der Waals surface area contributed by atoms with E-state index in [1.165, 1.54) is 0 Å². The fourth-order valence-electron chi connectivity index (χ4n) is 2.56. The van der Waals surface area contributed by atoms with Crippen LogP contribution in [0.2, 0.25) is 0 Å². The summed E-state index contributed by atoms with van der Waals surface area (Å²) < 4.78 is 7.15. The van der Waals surface area contributed by atoms with Gasteiger partial charge in [0.15, 0.2) is 5.76 Å². The molecule has 6 nitrogen and oxygen atoms in total. The van der Waals surface area contributed by atoms with Gasteiger partial charge in [-0.25, -0.2) is 4.98 Å². The van der Waals surface area contributed by atoms with E-state index in [1.807, 2.05) is 35.7 Å². The molecule has 3 aromatic rings. The average molecular weight is 312 g/mol. The molecule has 0 aromatic carbocycles. The topological polar surface area (TPSA) is 72.4 Å². The van der Waals surface area contributed by atoms with Crippen molar-refractivity contribution in [1.29, 1.82) is 0 Å². The van der Waals surface area contributed by atoms with E-state index in [0.29, 0.717) is 12.3 Å². The molecule has 3 rings (SSSR count). The van der Waals surface area contributed by atoms with Crippen molar-refractivity contribution < 1.29 is 9.32 Å². The lowest BCUT2D eigenvalue weighted by Crippen LogP contribution is -2.24. The van der Waals surface area contributed by atoms with E-state index in [0.717, 1.165) is 35.4 Å². The second-order valence-electron chi connectivity index (χ2n) is 5.62. The maximum atomic E-state index is 12.1. The number of fused-ring (bicyclic) bond motifs is 1. The van der Waals surface area contributed by atoms with Gasteiger partial charge in [0, 0.05) is 18.5 Å². The number of carbonyl (C=O) groups excluding carboxylic acids is 1. The summed E-state index contributed by atoms with van der Waals surface area (Å²) in [5.41, 5.74) is 3.76. The highest BCUT2D eigenvalue weighted by Gasteiger charge is 2.11. The van der Waals surface area contributed by atoms with Gasteiger partial charge in [0.1, 0.15) is 5.65 Å². The summed E-state index contributed by atoms with van der Waals surface area (Å²) in [6, 6.07) is 5.85. The molecule has 0 unspecified atom stereocenters. The van der Waals surface area contributed by atoms with E-state index in [9.17, 15) is 4.79 Å². The van der Waals surface area contributed by atoms with Crippen molar-refractivity contribution in [2.24, 2.45) is 0 Å². The zero-order valence-corrected chi connectivity index (χ0v) is 13.4. The Kier molecular flexibility index (Phi) is 4.41. The number of carbonyl (C=O) groups is 1. The molecule has 0 fully saturated rings. The number of hydrogen-bond acceptors (Lipinski definition) is 4. The highest BCUT2D eigenvalue weighted by atomic mass is 16.5. The van der Waals surface area contributed by atoms with Crippen molar-refractivity contribution in [3.05, 3.63) is 53.3 Å². The van der Waals surface area contributed by atoms with Gasteiger partial charge < -0.3 is 14.2 Å². The first kappa shape index (κ1) is 15.3. The second kappa shape index (κ2) is 6.64. The number of nitrogens with zero attached hydrogens (tertiary/aromatic N) is 3. The number of hydrogen-bond donors (Lipinski definition) is 1. The zero-order chi connectivity index (χ0) is 16.2. The quantitative estimate of drug-likeness (QED) is 0.759. The van der Waals surface area contributed by atoms with Gasteiger partial charge in [-0.3, -0.25) is 4.79 Å².